The van der Waals surface area contributed by atoms with Gasteiger partial charge in [-0.1, -0.05) is 13.8 Å². The summed E-state index contributed by atoms with van der Waals surface area (Å²) < 4.78 is 2.03. The van der Waals surface area contributed by atoms with Crippen molar-refractivity contribution in [2.75, 3.05) is 11.9 Å². The summed E-state index contributed by atoms with van der Waals surface area (Å²) in [6, 6.07) is 4.12. The smallest absolute Gasteiger partial charge is 0.0814 e. The highest BCUT2D eigenvalue weighted by molar-refractivity contribution is 9.11. The number of halogens is 2. The summed E-state index contributed by atoms with van der Waals surface area (Å²) in [5.41, 5.74) is 1.55. The first-order chi connectivity index (χ1) is 7.91. The molecule has 96 valence electrons. The Bertz CT molecular complexity index is 366. The van der Waals surface area contributed by atoms with E-state index >= 15 is 0 Å². The molecule has 0 bridgehead atoms. The third-order valence-corrected chi connectivity index (χ3v) is 4.35. The first-order valence-corrected chi connectivity index (χ1v) is 7.42. The molecule has 0 saturated heterocycles. The minimum absolute atomic E-state index is 0.556. The van der Waals surface area contributed by atoms with E-state index in [0.29, 0.717) is 6.54 Å². The lowest BCUT2D eigenvalue weighted by molar-refractivity contribution is 0.0457. The van der Waals surface area contributed by atoms with Crippen molar-refractivity contribution in [2.45, 2.75) is 39.2 Å². The molecular formula is C13H19Br2NO. The molecule has 0 aliphatic rings. The van der Waals surface area contributed by atoms with Gasteiger partial charge in [-0.2, -0.15) is 0 Å². The highest BCUT2D eigenvalue weighted by Gasteiger charge is 2.22. The van der Waals surface area contributed by atoms with Crippen molar-refractivity contribution in [3.63, 3.8) is 0 Å². The Balaban J connectivity index is 2.83. The zero-order valence-corrected chi connectivity index (χ0v) is 13.7. The van der Waals surface area contributed by atoms with Gasteiger partial charge in [0, 0.05) is 15.5 Å². The van der Waals surface area contributed by atoms with Crippen molar-refractivity contribution in [3.8, 4) is 0 Å². The van der Waals surface area contributed by atoms with Gasteiger partial charge in [0.15, 0.2) is 0 Å². The molecule has 1 aromatic carbocycles. The van der Waals surface area contributed by atoms with Gasteiger partial charge in [0.25, 0.3) is 0 Å². The molecule has 0 heterocycles. The summed E-state index contributed by atoms with van der Waals surface area (Å²) in [6.07, 6.45) is 1.50. The monoisotopic (exact) mass is 363 g/mol. The molecule has 0 aromatic heterocycles. The SMILES string of the molecule is CCC(O)(CC)CNc1c(Br)cc(C)cc1Br. The van der Waals surface area contributed by atoms with E-state index in [2.05, 4.69) is 49.3 Å². The Hall–Kier alpha value is -0.0600. The van der Waals surface area contributed by atoms with Crippen LogP contribution in [0, 0.1) is 6.92 Å². The number of hydrogen-bond donors (Lipinski definition) is 2. The maximum absolute atomic E-state index is 10.2. The minimum atomic E-state index is -0.635. The second-order valence-electron chi connectivity index (χ2n) is 4.39. The highest BCUT2D eigenvalue weighted by Crippen LogP contribution is 2.33. The minimum Gasteiger partial charge on any atom is -0.388 e. The molecular weight excluding hydrogens is 346 g/mol. The maximum atomic E-state index is 10.2. The van der Waals surface area contributed by atoms with Crippen LogP contribution in [-0.4, -0.2) is 17.3 Å². The van der Waals surface area contributed by atoms with E-state index in [-0.39, 0.29) is 0 Å². The summed E-state index contributed by atoms with van der Waals surface area (Å²) in [6.45, 7) is 6.61. The Morgan fingerprint density at radius 3 is 2.06 bits per heavy atom. The molecule has 4 heteroatoms. The van der Waals surface area contributed by atoms with Crippen LogP contribution < -0.4 is 5.32 Å². The number of anilines is 1. The van der Waals surface area contributed by atoms with Crippen molar-refractivity contribution >= 4 is 37.5 Å². The van der Waals surface area contributed by atoms with E-state index in [1.807, 2.05) is 20.8 Å². The van der Waals surface area contributed by atoms with Gasteiger partial charge in [0.2, 0.25) is 0 Å². The fourth-order valence-electron chi connectivity index (χ4n) is 1.62. The van der Waals surface area contributed by atoms with E-state index in [9.17, 15) is 5.11 Å². The third kappa shape index (κ3) is 3.97. The Kier molecular flexibility index (Phi) is 5.48. The number of benzene rings is 1. The summed E-state index contributed by atoms with van der Waals surface area (Å²) in [5, 5.41) is 13.5. The summed E-state index contributed by atoms with van der Waals surface area (Å²) in [7, 11) is 0. The normalized spacial score (nSPS) is 11.6. The first-order valence-electron chi connectivity index (χ1n) is 5.83. The average Bonchev–Trinajstić information content (AvgIpc) is 2.27. The molecule has 2 N–H and O–H groups in total. The number of aryl methyl sites for hydroxylation is 1. The van der Waals surface area contributed by atoms with Crippen LogP contribution in [0.15, 0.2) is 21.1 Å². The largest absolute Gasteiger partial charge is 0.388 e. The molecule has 0 fully saturated rings. The van der Waals surface area contributed by atoms with Gasteiger partial charge in [-0.15, -0.1) is 0 Å². The van der Waals surface area contributed by atoms with Crippen molar-refractivity contribution in [3.05, 3.63) is 26.6 Å². The van der Waals surface area contributed by atoms with E-state index in [0.717, 1.165) is 27.5 Å². The molecule has 0 spiro atoms. The standard InChI is InChI=1S/C13H19Br2NO/c1-4-13(17,5-2)8-16-12-10(14)6-9(3)7-11(12)15/h6-7,16-17H,4-5,8H2,1-3H3. The lowest BCUT2D eigenvalue weighted by atomic mass is 9.97. The zero-order valence-electron chi connectivity index (χ0n) is 10.5. The number of rotatable bonds is 5. The molecule has 1 aromatic rings. The number of hydrogen-bond acceptors (Lipinski definition) is 2. The molecule has 0 amide bonds. The molecule has 0 unspecified atom stereocenters. The van der Waals surface area contributed by atoms with Crippen molar-refractivity contribution in [1.82, 2.24) is 0 Å². The van der Waals surface area contributed by atoms with Crippen LogP contribution in [0.5, 0.6) is 0 Å². The van der Waals surface area contributed by atoms with E-state index in [1.165, 1.54) is 5.56 Å². The molecule has 0 aliphatic heterocycles. The lowest BCUT2D eigenvalue weighted by Crippen LogP contribution is -2.35. The number of aliphatic hydroxyl groups is 1. The van der Waals surface area contributed by atoms with Crippen LogP contribution in [-0.2, 0) is 0 Å². The maximum Gasteiger partial charge on any atom is 0.0814 e. The Labute approximate surface area is 120 Å². The second kappa shape index (κ2) is 6.21. The molecule has 0 atom stereocenters. The fourth-order valence-corrected chi connectivity index (χ4v) is 3.32. The van der Waals surface area contributed by atoms with Crippen LogP contribution >= 0.6 is 31.9 Å². The third-order valence-electron chi connectivity index (χ3n) is 3.10. The van der Waals surface area contributed by atoms with Crippen molar-refractivity contribution < 1.29 is 5.11 Å². The molecule has 1 rings (SSSR count). The predicted molar refractivity (Wildman–Crippen MR) is 80.6 cm³/mol. The van der Waals surface area contributed by atoms with Crippen molar-refractivity contribution in [2.24, 2.45) is 0 Å². The van der Waals surface area contributed by atoms with Gasteiger partial charge in [0.1, 0.15) is 0 Å². The molecule has 17 heavy (non-hydrogen) atoms. The summed E-state index contributed by atoms with van der Waals surface area (Å²) in [5.74, 6) is 0. The quantitative estimate of drug-likeness (QED) is 0.807. The predicted octanol–water partition coefficient (Wildman–Crippen LogP) is 4.48. The fraction of sp³-hybridized carbons (Fsp3) is 0.538. The molecule has 2 nitrogen and oxygen atoms in total. The summed E-state index contributed by atoms with van der Waals surface area (Å²) >= 11 is 7.07. The molecule has 0 saturated carbocycles. The van der Waals surface area contributed by atoms with E-state index in [1.54, 1.807) is 0 Å². The van der Waals surface area contributed by atoms with Crippen LogP contribution in [0.25, 0.3) is 0 Å². The van der Waals surface area contributed by atoms with Crippen LogP contribution in [0.4, 0.5) is 5.69 Å². The van der Waals surface area contributed by atoms with Gasteiger partial charge in [-0.05, 0) is 69.3 Å². The van der Waals surface area contributed by atoms with E-state index in [4.69, 9.17) is 0 Å². The molecule has 0 aliphatic carbocycles. The van der Waals surface area contributed by atoms with Gasteiger partial charge < -0.3 is 10.4 Å². The summed E-state index contributed by atoms with van der Waals surface area (Å²) in [4.78, 5) is 0. The highest BCUT2D eigenvalue weighted by atomic mass is 79.9. The topological polar surface area (TPSA) is 32.3 Å². The van der Waals surface area contributed by atoms with Crippen LogP contribution in [0.3, 0.4) is 0 Å². The Morgan fingerprint density at radius 1 is 1.18 bits per heavy atom. The van der Waals surface area contributed by atoms with Gasteiger partial charge in [-0.3, -0.25) is 0 Å². The van der Waals surface area contributed by atoms with Gasteiger partial charge in [0.05, 0.1) is 11.3 Å². The molecule has 0 radical (unpaired) electrons. The Morgan fingerprint density at radius 2 is 1.65 bits per heavy atom. The zero-order chi connectivity index (χ0) is 13.1. The average molecular weight is 365 g/mol. The first kappa shape index (κ1) is 15.0. The van der Waals surface area contributed by atoms with Crippen LogP contribution in [0.1, 0.15) is 32.3 Å². The van der Waals surface area contributed by atoms with Gasteiger partial charge in [-0.25, -0.2) is 0 Å². The van der Waals surface area contributed by atoms with Crippen molar-refractivity contribution in [1.29, 1.82) is 0 Å². The van der Waals surface area contributed by atoms with E-state index < -0.39 is 5.60 Å². The van der Waals surface area contributed by atoms with Crippen LogP contribution in [0.2, 0.25) is 0 Å². The number of nitrogens with one attached hydrogen (secondary N) is 1. The lowest BCUT2D eigenvalue weighted by Gasteiger charge is -2.26. The second-order valence-corrected chi connectivity index (χ2v) is 6.10. The van der Waals surface area contributed by atoms with Gasteiger partial charge >= 0.3 is 0 Å².